The number of aryl methyl sites for hydroxylation is 1. The van der Waals surface area contributed by atoms with Crippen molar-refractivity contribution in [1.29, 1.82) is 0 Å². The highest BCUT2D eigenvalue weighted by atomic mass is 15.2. The van der Waals surface area contributed by atoms with E-state index in [2.05, 4.69) is 49.1 Å². The third-order valence-electron chi connectivity index (χ3n) is 4.36. The second-order valence-corrected chi connectivity index (χ2v) is 5.85. The average Bonchev–Trinajstić information content (AvgIpc) is 2.47. The van der Waals surface area contributed by atoms with Crippen LogP contribution in [-0.4, -0.2) is 29.6 Å². The molecule has 1 saturated carbocycles. The Hall–Kier alpha value is -1.32. The lowest BCUT2D eigenvalue weighted by Crippen LogP contribution is -2.39. The molecule has 0 aromatic carbocycles. The summed E-state index contributed by atoms with van der Waals surface area (Å²) in [5.41, 5.74) is 0. The van der Waals surface area contributed by atoms with E-state index in [1.54, 1.807) is 0 Å². The Balaban J connectivity index is 2.23. The Labute approximate surface area is 123 Å². The molecule has 0 radical (unpaired) electrons. The van der Waals surface area contributed by atoms with Gasteiger partial charge in [-0.15, -0.1) is 0 Å². The molecule has 0 bridgehead atoms. The second-order valence-electron chi connectivity index (χ2n) is 5.85. The molecule has 0 amide bonds. The van der Waals surface area contributed by atoms with Crippen molar-refractivity contribution in [3.05, 3.63) is 11.9 Å². The van der Waals surface area contributed by atoms with Crippen LogP contribution in [0.5, 0.6) is 0 Å². The number of hydrogen-bond acceptors (Lipinski definition) is 4. The summed E-state index contributed by atoms with van der Waals surface area (Å²) in [6.45, 7) is 7.47. The zero-order valence-electron chi connectivity index (χ0n) is 13.3. The molecule has 1 aliphatic rings. The Bertz CT molecular complexity index is 432. The van der Waals surface area contributed by atoms with Crippen LogP contribution in [-0.2, 0) is 6.42 Å². The van der Waals surface area contributed by atoms with E-state index in [4.69, 9.17) is 4.98 Å². The minimum atomic E-state index is 0.609. The van der Waals surface area contributed by atoms with Crippen LogP contribution < -0.4 is 10.2 Å². The lowest BCUT2D eigenvalue weighted by Gasteiger charge is -2.37. The largest absolute Gasteiger partial charge is 0.370 e. The lowest BCUT2D eigenvalue weighted by atomic mass is 9.85. The number of hydrogen-bond donors (Lipinski definition) is 1. The Morgan fingerprint density at radius 3 is 2.65 bits per heavy atom. The van der Waals surface area contributed by atoms with Gasteiger partial charge in [0, 0.05) is 32.1 Å². The fourth-order valence-electron chi connectivity index (χ4n) is 3.14. The van der Waals surface area contributed by atoms with Gasteiger partial charge in [0.1, 0.15) is 17.5 Å². The maximum Gasteiger partial charge on any atom is 0.134 e. The smallest absolute Gasteiger partial charge is 0.134 e. The van der Waals surface area contributed by atoms with Gasteiger partial charge in [0.15, 0.2) is 0 Å². The van der Waals surface area contributed by atoms with Crippen LogP contribution in [0.4, 0.5) is 11.6 Å². The fourth-order valence-corrected chi connectivity index (χ4v) is 3.14. The molecule has 1 aliphatic carbocycles. The summed E-state index contributed by atoms with van der Waals surface area (Å²) in [4.78, 5) is 11.6. The van der Waals surface area contributed by atoms with Gasteiger partial charge in [-0.2, -0.15) is 0 Å². The number of rotatable bonds is 5. The van der Waals surface area contributed by atoms with Crippen LogP contribution in [0.2, 0.25) is 0 Å². The van der Waals surface area contributed by atoms with Crippen molar-refractivity contribution in [1.82, 2.24) is 9.97 Å². The molecule has 2 rings (SSSR count). The van der Waals surface area contributed by atoms with Crippen molar-refractivity contribution in [2.45, 2.75) is 58.9 Å². The standard InChI is InChI=1S/C16H28N4/c1-5-14-18-15(17-6-2)11-16(19-14)20(4)13-10-8-7-9-12(13)3/h11-13H,5-10H2,1-4H3,(H,17,18,19). The molecule has 0 aliphatic heterocycles. The van der Waals surface area contributed by atoms with E-state index in [0.29, 0.717) is 6.04 Å². The number of nitrogens with one attached hydrogen (secondary N) is 1. The van der Waals surface area contributed by atoms with E-state index < -0.39 is 0 Å². The molecule has 2 unspecified atom stereocenters. The first-order chi connectivity index (χ1) is 9.65. The highest BCUT2D eigenvalue weighted by Crippen LogP contribution is 2.30. The van der Waals surface area contributed by atoms with Gasteiger partial charge in [-0.25, -0.2) is 9.97 Å². The Morgan fingerprint density at radius 2 is 2.00 bits per heavy atom. The topological polar surface area (TPSA) is 41.0 Å². The fraction of sp³-hybridized carbons (Fsp3) is 0.750. The van der Waals surface area contributed by atoms with Gasteiger partial charge in [0.25, 0.3) is 0 Å². The Morgan fingerprint density at radius 1 is 1.25 bits per heavy atom. The first kappa shape index (κ1) is 15.1. The van der Waals surface area contributed by atoms with Crippen molar-refractivity contribution >= 4 is 11.6 Å². The first-order valence-electron chi connectivity index (χ1n) is 8.00. The maximum absolute atomic E-state index is 4.72. The molecule has 20 heavy (non-hydrogen) atoms. The molecule has 2 atom stereocenters. The number of nitrogens with zero attached hydrogens (tertiary/aromatic N) is 3. The van der Waals surface area contributed by atoms with Crippen LogP contribution in [0.3, 0.4) is 0 Å². The molecular formula is C16H28N4. The molecular weight excluding hydrogens is 248 g/mol. The highest BCUT2D eigenvalue weighted by molar-refractivity contribution is 5.49. The van der Waals surface area contributed by atoms with Gasteiger partial charge in [0.2, 0.25) is 0 Å². The van der Waals surface area contributed by atoms with Gasteiger partial charge in [-0.05, 0) is 25.7 Å². The molecule has 4 heteroatoms. The minimum Gasteiger partial charge on any atom is -0.370 e. The summed E-state index contributed by atoms with van der Waals surface area (Å²) < 4.78 is 0. The molecule has 1 fully saturated rings. The predicted molar refractivity (Wildman–Crippen MR) is 85.4 cm³/mol. The summed E-state index contributed by atoms with van der Waals surface area (Å²) >= 11 is 0. The lowest BCUT2D eigenvalue weighted by molar-refractivity contribution is 0.320. The molecule has 0 saturated heterocycles. The average molecular weight is 276 g/mol. The molecule has 0 spiro atoms. The van der Waals surface area contributed by atoms with Crippen LogP contribution >= 0.6 is 0 Å². The zero-order chi connectivity index (χ0) is 14.5. The van der Waals surface area contributed by atoms with Crippen LogP contribution in [0.15, 0.2) is 6.07 Å². The summed E-state index contributed by atoms with van der Waals surface area (Å²) in [5.74, 6) is 3.68. The minimum absolute atomic E-state index is 0.609. The van der Waals surface area contributed by atoms with Crippen molar-refractivity contribution in [2.24, 2.45) is 5.92 Å². The zero-order valence-corrected chi connectivity index (χ0v) is 13.3. The first-order valence-corrected chi connectivity index (χ1v) is 8.00. The van der Waals surface area contributed by atoms with Crippen molar-refractivity contribution in [2.75, 3.05) is 23.8 Å². The second kappa shape index (κ2) is 6.91. The number of aromatic nitrogens is 2. The molecule has 1 N–H and O–H groups in total. The highest BCUT2D eigenvalue weighted by Gasteiger charge is 2.26. The molecule has 1 aromatic rings. The SMILES string of the molecule is CCNc1cc(N(C)C2CCCCC2C)nc(CC)n1. The van der Waals surface area contributed by atoms with Gasteiger partial charge in [0.05, 0.1) is 0 Å². The van der Waals surface area contributed by atoms with Gasteiger partial charge >= 0.3 is 0 Å². The van der Waals surface area contributed by atoms with E-state index in [9.17, 15) is 0 Å². The van der Waals surface area contributed by atoms with E-state index in [1.165, 1.54) is 25.7 Å². The van der Waals surface area contributed by atoms with E-state index in [0.717, 1.165) is 36.3 Å². The maximum atomic E-state index is 4.72. The van der Waals surface area contributed by atoms with E-state index in [-0.39, 0.29) is 0 Å². The summed E-state index contributed by atoms with van der Waals surface area (Å²) in [6, 6.07) is 2.70. The van der Waals surface area contributed by atoms with Gasteiger partial charge in [-0.1, -0.05) is 26.7 Å². The predicted octanol–water partition coefficient (Wildman–Crippen LogP) is 3.49. The molecule has 4 nitrogen and oxygen atoms in total. The van der Waals surface area contributed by atoms with E-state index in [1.807, 2.05) is 0 Å². The van der Waals surface area contributed by atoms with E-state index >= 15 is 0 Å². The summed E-state index contributed by atoms with van der Waals surface area (Å²) in [6.07, 6.45) is 6.20. The van der Waals surface area contributed by atoms with Crippen LogP contribution in [0, 0.1) is 5.92 Å². The monoisotopic (exact) mass is 276 g/mol. The van der Waals surface area contributed by atoms with Gasteiger partial charge in [-0.3, -0.25) is 0 Å². The van der Waals surface area contributed by atoms with Crippen LogP contribution in [0.1, 0.15) is 52.3 Å². The quantitative estimate of drug-likeness (QED) is 0.894. The van der Waals surface area contributed by atoms with Crippen LogP contribution in [0.25, 0.3) is 0 Å². The third kappa shape index (κ3) is 3.41. The molecule has 1 aromatic heterocycles. The molecule has 1 heterocycles. The van der Waals surface area contributed by atoms with Crippen molar-refractivity contribution < 1.29 is 0 Å². The van der Waals surface area contributed by atoms with Crippen molar-refractivity contribution in [3.63, 3.8) is 0 Å². The third-order valence-corrected chi connectivity index (χ3v) is 4.36. The normalized spacial score (nSPS) is 22.6. The number of anilines is 2. The van der Waals surface area contributed by atoms with Crippen molar-refractivity contribution in [3.8, 4) is 0 Å². The summed E-state index contributed by atoms with van der Waals surface area (Å²) in [5, 5.41) is 3.31. The Kier molecular flexibility index (Phi) is 5.21. The molecule has 112 valence electrons. The van der Waals surface area contributed by atoms with Gasteiger partial charge < -0.3 is 10.2 Å². The summed E-state index contributed by atoms with van der Waals surface area (Å²) in [7, 11) is 2.18.